The van der Waals surface area contributed by atoms with E-state index < -0.39 is 0 Å². The van der Waals surface area contributed by atoms with Crippen molar-refractivity contribution in [2.45, 2.75) is 24.7 Å². The van der Waals surface area contributed by atoms with Crippen LogP contribution in [0.5, 0.6) is 0 Å². The lowest BCUT2D eigenvalue weighted by Crippen LogP contribution is -2.50. The van der Waals surface area contributed by atoms with Gasteiger partial charge in [-0.25, -0.2) is 4.79 Å². The number of likely N-dealkylation sites (tertiary alicyclic amines) is 2. The maximum absolute atomic E-state index is 12.5. The summed E-state index contributed by atoms with van der Waals surface area (Å²) in [6, 6.07) is 12.0. The van der Waals surface area contributed by atoms with Gasteiger partial charge in [0.2, 0.25) is 5.91 Å². The van der Waals surface area contributed by atoms with Gasteiger partial charge in [-0.1, -0.05) is 18.2 Å². The Hall–Kier alpha value is -2.97. The maximum Gasteiger partial charge on any atom is 0.321 e. The number of carbonyl (C=O) groups excluding carboxylic acids is 2. The number of pyridine rings is 1. The highest BCUT2D eigenvalue weighted by molar-refractivity contribution is 5.90. The molecule has 1 aromatic carbocycles. The molecule has 0 atom stereocenters. The van der Waals surface area contributed by atoms with Crippen LogP contribution in [0.25, 0.3) is 0 Å². The number of anilines is 1. The van der Waals surface area contributed by atoms with Gasteiger partial charge in [0.1, 0.15) is 6.61 Å². The van der Waals surface area contributed by atoms with Crippen molar-refractivity contribution in [2.75, 3.05) is 58.4 Å². The van der Waals surface area contributed by atoms with E-state index in [4.69, 9.17) is 9.47 Å². The van der Waals surface area contributed by atoms with E-state index in [0.29, 0.717) is 38.1 Å². The first-order chi connectivity index (χ1) is 16.1. The van der Waals surface area contributed by atoms with E-state index >= 15 is 0 Å². The topological polar surface area (TPSA) is 84.0 Å². The molecule has 2 aromatic rings. The van der Waals surface area contributed by atoms with Gasteiger partial charge in [-0.2, -0.15) is 0 Å². The lowest BCUT2D eigenvalue weighted by atomic mass is 9.89. The molecule has 0 radical (unpaired) electrons. The van der Waals surface area contributed by atoms with E-state index in [1.807, 2.05) is 34.2 Å². The predicted octanol–water partition coefficient (Wildman–Crippen LogP) is 3.08. The predicted molar refractivity (Wildman–Crippen MR) is 125 cm³/mol. The zero-order valence-corrected chi connectivity index (χ0v) is 19.1. The van der Waals surface area contributed by atoms with Crippen molar-refractivity contribution >= 4 is 17.6 Å². The van der Waals surface area contributed by atoms with Crippen molar-refractivity contribution < 1.29 is 19.1 Å². The lowest BCUT2D eigenvalue weighted by Gasteiger charge is -2.39. The molecule has 1 N–H and O–H groups in total. The molecule has 8 nitrogen and oxygen atoms in total. The molecular formula is C25H32N4O4. The molecule has 3 heterocycles. The second-order valence-corrected chi connectivity index (χ2v) is 8.64. The number of ether oxygens (including phenoxy) is 2. The Morgan fingerprint density at radius 2 is 1.76 bits per heavy atom. The van der Waals surface area contributed by atoms with Crippen LogP contribution < -0.4 is 5.32 Å². The van der Waals surface area contributed by atoms with E-state index in [0.717, 1.165) is 31.6 Å². The molecule has 33 heavy (non-hydrogen) atoms. The zero-order chi connectivity index (χ0) is 23.0. The van der Waals surface area contributed by atoms with E-state index in [9.17, 15) is 9.59 Å². The fraction of sp³-hybridized carbons (Fsp3) is 0.480. The molecule has 0 saturated carbocycles. The second kappa shape index (κ2) is 11.2. The average Bonchev–Trinajstić information content (AvgIpc) is 2.82. The third-order valence-corrected chi connectivity index (χ3v) is 6.46. The number of urea groups is 1. The Balaban J connectivity index is 1.19. The summed E-state index contributed by atoms with van der Waals surface area (Å²) in [5.41, 5.74) is 3.23. The second-order valence-electron chi connectivity index (χ2n) is 8.64. The summed E-state index contributed by atoms with van der Waals surface area (Å²) in [5, 5.41) is 2.99. The highest BCUT2D eigenvalue weighted by Gasteiger charge is 2.32. The number of carbonyl (C=O) groups is 2. The summed E-state index contributed by atoms with van der Waals surface area (Å²) in [6.07, 6.45) is 5.49. The van der Waals surface area contributed by atoms with Gasteiger partial charge in [0.05, 0.1) is 13.2 Å². The smallest absolute Gasteiger partial charge is 0.321 e. The van der Waals surface area contributed by atoms with Crippen LogP contribution in [-0.2, 0) is 14.3 Å². The highest BCUT2D eigenvalue weighted by atomic mass is 16.5. The van der Waals surface area contributed by atoms with Gasteiger partial charge >= 0.3 is 6.03 Å². The van der Waals surface area contributed by atoms with Gasteiger partial charge in [-0.3, -0.25) is 9.78 Å². The average molecular weight is 453 g/mol. The molecule has 0 aliphatic carbocycles. The molecule has 4 rings (SSSR count). The van der Waals surface area contributed by atoms with Crippen LogP contribution in [0.4, 0.5) is 10.5 Å². The van der Waals surface area contributed by atoms with Gasteiger partial charge in [-0.15, -0.1) is 0 Å². The first kappa shape index (κ1) is 23.2. The molecule has 8 heteroatoms. The summed E-state index contributed by atoms with van der Waals surface area (Å²) < 4.78 is 10.3. The minimum atomic E-state index is -0.0672. The van der Waals surface area contributed by atoms with Gasteiger partial charge < -0.3 is 24.6 Å². The number of aromatic nitrogens is 1. The SMILES string of the molecule is COCCOCC(=O)N1CCC(c2ccc(NC(=O)N3CC(c4cccnc4)C3)cc2)CC1. The van der Waals surface area contributed by atoms with Crippen LogP contribution in [0.15, 0.2) is 48.8 Å². The standard InChI is InChI=1S/C25H32N4O4/c1-32-13-14-33-18-24(30)28-11-8-20(9-12-28)19-4-6-23(7-5-19)27-25(31)29-16-22(17-29)21-3-2-10-26-15-21/h2-7,10,15,20,22H,8-9,11-14,16-18H2,1H3,(H,27,31). The van der Waals surface area contributed by atoms with Crippen LogP contribution in [0.3, 0.4) is 0 Å². The number of piperidine rings is 1. The minimum absolute atomic E-state index is 0.0411. The number of benzene rings is 1. The number of nitrogens with zero attached hydrogens (tertiary/aromatic N) is 3. The van der Waals surface area contributed by atoms with Crippen molar-refractivity contribution in [3.63, 3.8) is 0 Å². The largest absolute Gasteiger partial charge is 0.382 e. The summed E-state index contributed by atoms with van der Waals surface area (Å²) in [6.45, 7) is 3.95. The zero-order valence-electron chi connectivity index (χ0n) is 19.1. The van der Waals surface area contributed by atoms with E-state index in [-0.39, 0.29) is 18.5 Å². The van der Waals surface area contributed by atoms with Crippen LogP contribution in [-0.4, -0.2) is 79.8 Å². The molecule has 3 amide bonds. The lowest BCUT2D eigenvalue weighted by molar-refractivity contribution is -0.137. The first-order valence-corrected chi connectivity index (χ1v) is 11.5. The Kier molecular flexibility index (Phi) is 7.91. The quantitative estimate of drug-likeness (QED) is 0.623. The molecule has 0 spiro atoms. The monoisotopic (exact) mass is 452 g/mol. The normalized spacial score (nSPS) is 17.0. The van der Waals surface area contributed by atoms with Crippen LogP contribution in [0, 0.1) is 0 Å². The Labute approximate surface area is 194 Å². The summed E-state index contributed by atoms with van der Waals surface area (Å²) in [7, 11) is 1.61. The van der Waals surface area contributed by atoms with E-state index in [2.05, 4.69) is 28.5 Å². The van der Waals surface area contributed by atoms with Crippen molar-refractivity contribution in [1.29, 1.82) is 0 Å². The fourth-order valence-electron chi connectivity index (χ4n) is 4.37. The van der Waals surface area contributed by atoms with Crippen LogP contribution in [0.1, 0.15) is 35.8 Å². The number of rotatable bonds is 8. The number of methoxy groups -OCH3 is 1. The third-order valence-electron chi connectivity index (χ3n) is 6.46. The molecule has 2 saturated heterocycles. The van der Waals surface area contributed by atoms with Crippen molar-refractivity contribution in [1.82, 2.24) is 14.8 Å². The van der Waals surface area contributed by atoms with Gasteiger partial charge in [0, 0.05) is 57.3 Å². The molecule has 1 aromatic heterocycles. The molecule has 0 bridgehead atoms. The molecule has 2 fully saturated rings. The van der Waals surface area contributed by atoms with Crippen LogP contribution in [0.2, 0.25) is 0 Å². The van der Waals surface area contributed by atoms with E-state index in [1.165, 1.54) is 11.1 Å². The van der Waals surface area contributed by atoms with Crippen molar-refractivity contribution in [2.24, 2.45) is 0 Å². The van der Waals surface area contributed by atoms with E-state index in [1.54, 1.807) is 13.3 Å². The van der Waals surface area contributed by atoms with Gasteiger partial charge in [0.25, 0.3) is 0 Å². The van der Waals surface area contributed by atoms with Crippen molar-refractivity contribution in [3.05, 3.63) is 59.9 Å². The number of nitrogens with one attached hydrogen (secondary N) is 1. The molecule has 176 valence electrons. The highest BCUT2D eigenvalue weighted by Crippen LogP contribution is 2.30. The summed E-state index contributed by atoms with van der Waals surface area (Å²) in [5.74, 6) is 0.824. The number of amides is 3. The number of hydrogen-bond acceptors (Lipinski definition) is 5. The minimum Gasteiger partial charge on any atom is -0.382 e. The molecule has 2 aliphatic rings. The Morgan fingerprint density at radius 1 is 1.00 bits per heavy atom. The molecule has 2 aliphatic heterocycles. The van der Waals surface area contributed by atoms with Gasteiger partial charge in [0.15, 0.2) is 0 Å². The first-order valence-electron chi connectivity index (χ1n) is 11.5. The Bertz CT molecular complexity index is 908. The number of hydrogen-bond donors (Lipinski definition) is 1. The van der Waals surface area contributed by atoms with Gasteiger partial charge in [-0.05, 0) is 48.1 Å². The summed E-state index contributed by atoms with van der Waals surface area (Å²) >= 11 is 0. The Morgan fingerprint density at radius 3 is 2.42 bits per heavy atom. The van der Waals surface area contributed by atoms with Crippen LogP contribution >= 0.6 is 0 Å². The molecule has 0 unspecified atom stereocenters. The van der Waals surface area contributed by atoms with Crippen molar-refractivity contribution in [3.8, 4) is 0 Å². The maximum atomic E-state index is 12.5. The fourth-order valence-corrected chi connectivity index (χ4v) is 4.37. The summed E-state index contributed by atoms with van der Waals surface area (Å²) in [4.78, 5) is 32.6. The molecular weight excluding hydrogens is 420 g/mol. The third kappa shape index (κ3) is 6.09.